The van der Waals surface area contributed by atoms with Crippen molar-refractivity contribution in [1.82, 2.24) is 10.2 Å². The van der Waals surface area contributed by atoms with Crippen molar-refractivity contribution in [3.8, 4) is 16.9 Å². The Bertz CT molecular complexity index is 790. The Hall–Kier alpha value is -2.49. The van der Waals surface area contributed by atoms with Crippen molar-refractivity contribution < 1.29 is 4.74 Å². The van der Waals surface area contributed by atoms with Crippen LogP contribution in [0.15, 0.2) is 36.4 Å². The van der Waals surface area contributed by atoms with Crippen LogP contribution in [0.1, 0.15) is 25.3 Å². The number of nitrogens with one attached hydrogen (secondary N) is 1. The summed E-state index contributed by atoms with van der Waals surface area (Å²) in [4.78, 5) is 0. The fraction of sp³-hybridized carbons (Fsp3) is 0.235. The van der Waals surface area contributed by atoms with E-state index in [4.69, 9.17) is 10.5 Å². The smallest absolute Gasteiger partial charge is 0.153 e. The van der Waals surface area contributed by atoms with E-state index in [0.717, 1.165) is 27.8 Å². The highest BCUT2D eigenvalue weighted by atomic mass is 16.5. The number of H-pyrrole nitrogens is 1. The Morgan fingerprint density at radius 3 is 2.52 bits per heavy atom. The standard InChI is InChI=1S/C17H19N3O/c1-10(2)14-8-11(5-7-16(14)21-3)12-4-6-13-15(9-12)19-20-17(13)18/h4-10H,1-3H3,(H3,18,19,20). The van der Waals surface area contributed by atoms with Crippen molar-refractivity contribution in [2.45, 2.75) is 19.8 Å². The molecule has 0 aliphatic rings. The molecule has 21 heavy (non-hydrogen) atoms. The molecule has 1 heterocycles. The molecule has 0 fully saturated rings. The quantitative estimate of drug-likeness (QED) is 0.764. The second-order valence-electron chi connectivity index (χ2n) is 5.48. The minimum Gasteiger partial charge on any atom is -0.496 e. The van der Waals surface area contributed by atoms with E-state index in [2.05, 4.69) is 48.3 Å². The maximum atomic E-state index is 5.81. The lowest BCUT2D eigenvalue weighted by atomic mass is 9.96. The van der Waals surface area contributed by atoms with Crippen LogP contribution < -0.4 is 10.5 Å². The number of benzene rings is 2. The first-order chi connectivity index (χ1) is 10.1. The predicted octanol–water partition coefficient (Wildman–Crippen LogP) is 3.94. The summed E-state index contributed by atoms with van der Waals surface area (Å²) in [6, 6.07) is 12.4. The summed E-state index contributed by atoms with van der Waals surface area (Å²) in [6.45, 7) is 4.33. The molecule has 4 heteroatoms. The summed E-state index contributed by atoms with van der Waals surface area (Å²) in [5.74, 6) is 1.88. The van der Waals surface area contributed by atoms with Gasteiger partial charge < -0.3 is 10.5 Å². The van der Waals surface area contributed by atoms with Crippen molar-refractivity contribution >= 4 is 16.7 Å². The SMILES string of the molecule is COc1ccc(-c2ccc3c(N)n[nH]c3c2)cc1C(C)C. The number of hydrogen-bond acceptors (Lipinski definition) is 3. The van der Waals surface area contributed by atoms with Gasteiger partial charge in [0.25, 0.3) is 0 Å². The molecule has 0 saturated heterocycles. The van der Waals surface area contributed by atoms with Crippen molar-refractivity contribution in [1.29, 1.82) is 0 Å². The molecule has 0 atom stereocenters. The van der Waals surface area contributed by atoms with Crippen molar-refractivity contribution in [2.75, 3.05) is 12.8 Å². The molecule has 0 radical (unpaired) electrons. The van der Waals surface area contributed by atoms with E-state index in [1.807, 2.05) is 12.1 Å². The molecule has 1 aromatic heterocycles. The number of aromatic amines is 1. The molecule has 0 spiro atoms. The van der Waals surface area contributed by atoms with Crippen LogP contribution in [-0.4, -0.2) is 17.3 Å². The van der Waals surface area contributed by atoms with Crippen molar-refractivity contribution in [3.63, 3.8) is 0 Å². The third-order valence-electron chi connectivity index (χ3n) is 3.78. The Morgan fingerprint density at radius 2 is 1.81 bits per heavy atom. The number of fused-ring (bicyclic) bond motifs is 1. The summed E-state index contributed by atoms with van der Waals surface area (Å²) in [5, 5.41) is 7.95. The van der Waals surface area contributed by atoms with Gasteiger partial charge >= 0.3 is 0 Å². The Kier molecular flexibility index (Phi) is 3.29. The molecular weight excluding hydrogens is 262 g/mol. The van der Waals surface area contributed by atoms with Crippen LogP contribution in [0, 0.1) is 0 Å². The number of anilines is 1. The minimum atomic E-state index is 0.409. The molecule has 3 N–H and O–H groups in total. The maximum Gasteiger partial charge on any atom is 0.153 e. The molecule has 2 aromatic carbocycles. The molecule has 3 aromatic rings. The predicted molar refractivity (Wildman–Crippen MR) is 86.6 cm³/mol. The molecule has 0 saturated carbocycles. The maximum absolute atomic E-state index is 5.81. The van der Waals surface area contributed by atoms with Crippen LogP contribution in [0.2, 0.25) is 0 Å². The van der Waals surface area contributed by atoms with E-state index >= 15 is 0 Å². The summed E-state index contributed by atoms with van der Waals surface area (Å²) in [7, 11) is 1.71. The van der Waals surface area contributed by atoms with Gasteiger partial charge in [-0.05, 0) is 46.9 Å². The summed E-state index contributed by atoms with van der Waals surface area (Å²) >= 11 is 0. The topological polar surface area (TPSA) is 63.9 Å². The third-order valence-corrected chi connectivity index (χ3v) is 3.78. The van der Waals surface area contributed by atoms with E-state index in [-0.39, 0.29) is 0 Å². The fourth-order valence-electron chi connectivity index (χ4n) is 2.59. The molecule has 0 aliphatic heterocycles. The second kappa shape index (κ2) is 5.13. The van der Waals surface area contributed by atoms with Gasteiger partial charge in [-0.1, -0.05) is 26.0 Å². The number of aromatic nitrogens is 2. The van der Waals surface area contributed by atoms with Crippen molar-refractivity contribution in [2.24, 2.45) is 0 Å². The van der Waals surface area contributed by atoms with Gasteiger partial charge in [0, 0.05) is 5.39 Å². The van der Waals surface area contributed by atoms with Gasteiger partial charge in [-0.25, -0.2) is 0 Å². The first kappa shape index (κ1) is 13.5. The largest absolute Gasteiger partial charge is 0.496 e. The summed E-state index contributed by atoms with van der Waals surface area (Å²) in [6.07, 6.45) is 0. The highest BCUT2D eigenvalue weighted by molar-refractivity contribution is 5.91. The zero-order valence-electron chi connectivity index (χ0n) is 12.5. The average molecular weight is 281 g/mol. The van der Waals surface area contributed by atoms with E-state index < -0.39 is 0 Å². The average Bonchev–Trinajstić information content (AvgIpc) is 2.87. The van der Waals surface area contributed by atoms with E-state index in [1.165, 1.54) is 5.56 Å². The van der Waals surface area contributed by atoms with Crippen LogP contribution in [0.5, 0.6) is 5.75 Å². The number of methoxy groups -OCH3 is 1. The van der Waals surface area contributed by atoms with Gasteiger partial charge in [0.05, 0.1) is 12.6 Å². The molecule has 0 aliphatic carbocycles. The number of nitrogens with two attached hydrogens (primary N) is 1. The first-order valence-corrected chi connectivity index (χ1v) is 7.02. The number of nitrogen functional groups attached to an aromatic ring is 1. The van der Waals surface area contributed by atoms with Gasteiger partial charge in [0.1, 0.15) is 5.75 Å². The van der Waals surface area contributed by atoms with E-state index in [0.29, 0.717) is 11.7 Å². The molecule has 108 valence electrons. The lowest BCUT2D eigenvalue weighted by Gasteiger charge is -2.13. The number of hydrogen-bond donors (Lipinski definition) is 2. The normalized spacial score (nSPS) is 11.2. The highest BCUT2D eigenvalue weighted by Gasteiger charge is 2.10. The molecule has 0 unspecified atom stereocenters. The molecular formula is C17H19N3O. The highest BCUT2D eigenvalue weighted by Crippen LogP contribution is 2.32. The molecule has 3 rings (SSSR count). The zero-order valence-corrected chi connectivity index (χ0v) is 12.5. The van der Waals surface area contributed by atoms with Gasteiger partial charge in [-0.3, -0.25) is 5.10 Å². The van der Waals surface area contributed by atoms with Crippen molar-refractivity contribution in [3.05, 3.63) is 42.0 Å². The number of rotatable bonds is 3. The lowest BCUT2D eigenvalue weighted by Crippen LogP contribution is -1.94. The van der Waals surface area contributed by atoms with Crippen LogP contribution in [0.25, 0.3) is 22.0 Å². The van der Waals surface area contributed by atoms with E-state index in [1.54, 1.807) is 7.11 Å². The summed E-state index contributed by atoms with van der Waals surface area (Å²) < 4.78 is 5.44. The van der Waals surface area contributed by atoms with Gasteiger partial charge in [-0.2, -0.15) is 5.10 Å². The fourth-order valence-corrected chi connectivity index (χ4v) is 2.59. The summed E-state index contributed by atoms with van der Waals surface area (Å²) in [5.41, 5.74) is 10.3. The van der Waals surface area contributed by atoms with Crippen LogP contribution in [-0.2, 0) is 0 Å². The molecule has 0 amide bonds. The number of ether oxygens (including phenoxy) is 1. The zero-order chi connectivity index (χ0) is 15.0. The van der Waals surface area contributed by atoms with E-state index in [9.17, 15) is 0 Å². The number of nitrogens with zero attached hydrogens (tertiary/aromatic N) is 1. The Morgan fingerprint density at radius 1 is 1.10 bits per heavy atom. The van der Waals surface area contributed by atoms with Crippen LogP contribution >= 0.6 is 0 Å². The second-order valence-corrected chi connectivity index (χ2v) is 5.48. The van der Waals surface area contributed by atoms with Crippen LogP contribution in [0.4, 0.5) is 5.82 Å². The first-order valence-electron chi connectivity index (χ1n) is 7.02. The van der Waals surface area contributed by atoms with Gasteiger partial charge in [0.2, 0.25) is 0 Å². The molecule has 4 nitrogen and oxygen atoms in total. The minimum absolute atomic E-state index is 0.409. The molecule has 0 bridgehead atoms. The van der Waals surface area contributed by atoms with Crippen LogP contribution in [0.3, 0.4) is 0 Å². The Balaban J connectivity index is 2.11. The third kappa shape index (κ3) is 2.33. The van der Waals surface area contributed by atoms with Gasteiger partial charge in [0.15, 0.2) is 5.82 Å². The Labute approximate surface area is 123 Å². The monoisotopic (exact) mass is 281 g/mol. The van der Waals surface area contributed by atoms with Gasteiger partial charge in [-0.15, -0.1) is 0 Å². The lowest BCUT2D eigenvalue weighted by molar-refractivity contribution is 0.407.